The lowest BCUT2D eigenvalue weighted by Crippen LogP contribution is -2.20. The third-order valence-corrected chi connectivity index (χ3v) is 3.68. The van der Waals surface area contributed by atoms with E-state index >= 15 is 0 Å². The predicted octanol–water partition coefficient (Wildman–Crippen LogP) is 3.57. The van der Waals surface area contributed by atoms with E-state index in [1.54, 1.807) is 12.1 Å². The van der Waals surface area contributed by atoms with E-state index < -0.39 is 18.0 Å². The lowest BCUT2D eigenvalue weighted by molar-refractivity contribution is 0.0599. The smallest absolute Gasteiger partial charge is 0.337 e. The van der Waals surface area contributed by atoms with Crippen LogP contribution in [0.1, 0.15) is 20.7 Å². The van der Waals surface area contributed by atoms with E-state index in [9.17, 15) is 14.4 Å². The molecule has 2 aromatic rings. The number of carbonyl (C=O) groups excluding carboxylic acids is 3. The maximum Gasteiger partial charge on any atom is 0.337 e. The van der Waals surface area contributed by atoms with Crippen LogP contribution in [0.15, 0.2) is 36.4 Å². The van der Waals surface area contributed by atoms with E-state index in [1.165, 1.54) is 45.6 Å². The molecule has 0 atom stereocenters. The van der Waals surface area contributed by atoms with Crippen molar-refractivity contribution >= 4 is 40.9 Å². The van der Waals surface area contributed by atoms with Crippen molar-refractivity contribution in [3.63, 3.8) is 0 Å². The molecule has 0 saturated heterocycles. The maximum atomic E-state index is 12.3. The van der Waals surface area contributed by atoms with Crippen LogP contribution in [-0.2, 0) is 9.47 Å². The first-order chi connectivity index (χ1) is 12.9. The number of ether oxygens (including phenoxy) is 3. The third-order valence-electron chi connectivity index (χ3n) is 3.44. The number of urea groups is 1. The largest absolute Gasteiger partial charge is 0.495 e. The highest BCUT2D eigenvalue weighted by Gasteiger charge is 2.15. The van der Waals surface area contributed by atoms with E-state index in [-0.39, 0.29) is 16.8 Å². The molecule has 0 aliphatic rings. The Kier molecular flexibility index (Phi) is 6.62. The molecule has 2 N–H and O–H groups in total. The minimum atomic E-state index is -0.666. The predicted molar refractivity (Wildman–Crippen MR) is 99.8 cm³/mol. The first-order valence-electron chi connectivity index (χ1n) is 7.61. The summed E-state index contributed by atoms with van der Waals surface area (Å²) in [7, 11) is 3.87. The van der Waals surface area contributed by atoms with Crippen molar-refractivity contribution in [1.29, 1.82) is 0 Å². The third kappa shape index (κ3) is 5.11. The highest BCUT2D eigenvalue weighted by molar-refractivity contribution is 6.31. The van der Waals surface area contributed by atoms with Crippen molar-refractivity contribution in [1.82, 2.24) is 0 Å². The molecule has 0 aliphatic heterocycles. The molecule has 8 nitrogen and oxygen atoms in total. The zero-order chi connectivity index (χ0) is 20.0. The molecule has 142 valence electrons. The van der Waals surface area contributed by atoms with Crippen LogP contribution in [0.5, 0.6) is 5.75 Å². The molecule has 0 saturated carbocycles. The Hall–Kier alpha value is -3.26. The van der Waals surface area contributed by atoms with Gasteiger partial charge in [0.25, 0.3) is 0 Å². The summed E-state index contributed by atoms with van der Waals surface area (Å²) in [5.41, 5.74) is 0.698. The molecule has 2 aromatic carbocycles. The van der Waals surface area contributed by atoms with Gasteiger partial charge >= 0.3 is 18.0 Å². The van der Waals surface area contributed by atoms with Gasteiger partial charge < -0.3 is 24.8 Å². The molecule has 0 fully saturated rings. The van der Waals surface area contributed by atoms with Crippen LogP contribution in [0.2, 0.25) is 5.02 Å². The minimum Gasteiger partial charge on any atom is -0.495 e. The van der Waals surface area contributed by atoms with Gasteiger partial charge in [-0.1, -0.05) is 11.6 Å². The molecule has 0 unspecified atom stereocenters. The van der Waals surface area contributed by atoms with Gasteiger partial charge in [0.05, 0.1) is 38.1 Å². The van der Waals surface area contributed by atoms with E-state index in [0.29, 0.717) is 16.5 Å². The molecule has 27 heavy (non-hydrogen) atoms. The number of methoxy groups -OCH3 is 3. The van der Waals surface area contributed by atoms with Gasteiger partial charge in [-0.15, -0.1) is 0 Å². The van der Waals surface area contributed by atoms with Crippen molar-refractivity contribution in [2.75, 3.05) is 32.0 Å². The second-order valence-corrected chi connectivity index (χ2v) is 5.64. The summed E-state index contributed by atoms with van der Waals surface area (Å²) < 4.78 is 14.5. The minimum absolute atomic E-state index is 0.0797. The highest BCUT2D eigenvalue weighted by atomic mass is 35.5. The lowest BCUT2D eigenvalue weighted by Gasteiger charge is -2.13. The molecule has 0 spiro atoms. The molecule has 0 bridgehead atoms. The molecule has 2 amide bonds. The number of esters is 2. The highest BCUT2D eigenvalue weighted by Crippen LogP contribution is 2.28. The summed E-state index contributed by atoms with van der Waals surface area (Å²) >= 11 is 5.93. The van der Waals surface area contributed by atoms with Gasteiger partial charge in [-0.05, 0) is 36.4 Å². The molecule has 0 heterocycles. The number of rotatable bonds is 5. The molecule has 2 rings (SSSR count). The van der Waals surface area contributed by atoms with Crippen molar-refractivity contribution in [2.24, 2.45) is 0 Å². The summed E-state index contributed by atoms with van der Waals surface area (Å²) in [6.45, 7) is 0. The second kappa shape index (κ2) is 8.91. The maximum absolute atomic E-state index is 12.3. The van der Waals surface area contributed by atoms with Crippen molar-refractivity contribution in [3.05, 3.63) is 52.5 Å². The van der Waals surface area contributed by atoms with Gasteiger partial charge in [0.15, 0.2) is 0 Å². The Morgan fingerprint density at radius 1 is 0.852 bits per heavy atom. The summed E-state index contributed by atoms with van der Waals surface area (Å²) in [6, 6.07) is 8.15. The van der Waals surface area contributed by atoms with Gasteiger partial charge in [0, 0.05) is 10.7 Å². The molecular weight excluding hydrogens is 376 g/mol. The summed E-state index contributed by atoms with van der Waals surface area (Å²) in [5, 5.41) is 5.53. The quantitative estimate of drug-likeness (QED) is 0.754. The summed E-state index contributed by atoms with van der Waals surface area (Å²) in [5.74, 6) is -0.922. The number of anilines is 2. The Morgan fingerprint density at radius 2 is 1.44 bits per heavy atom. The number of carbonyl (C=O) groups is 3. The van der Waals surface area contributed by atoms with Crippen LogP contribution < -0.4 is 15.4 Å². The van der Waals surface area contributed by atoms with E-state index in [1.807, 2.05) is 0 Å². The number of halogens is 1. The number of amides is 2. The lowest BCUT2D eigenvalue weighted by atomic mass is 10.1. The Labute approximate surface area is 160 Å². The van der Waals surface area contributed by atoms with E-state index in [2.05, 4.69) is 20.1 Å². The Balaban J connectivity index is 2.27. The normalized spacial score (nSPS) is 9.93. The van der Waals surface area contributed by atoms with Gasteiger partial charge in [0.1, 0.15) is 5.75 Å². The molecule has 0 radical (unpaired) electrons. The number of nitrogens with one attached hydrogen (secondary N) is 2. The Bertz CT molecular complexity index is 850. The van der Waals surface area contributed by atoms with Crippen molar-refractivity contribution in [3.8, 4) is 5.75 Å². The fraction of sp³-hybridized carbons (Fsp3) is 0.167. The van der Waals surface area contributed by atoms with Crippen molar-refractivity contribution < 1.29 is 28.6 Å². The van der Waals surface area contributed by atoms with Crippen LogP contribution in [-0.4, -0.2) is 39.3 Å². The molecule has 0 aliphatic carbocycles. The SMILES string of the molecule is COC(=O)c1cc(NC(=O)Nc2cc(Cl)ccc2OC)cc(C(=O)OC)c1. The fourth-order valence-electron chi connectivity index (χ4n) is 2.23. The average Bonchev–Trinajstić information content (AvgIpc) is 2.66. The van der Waals surface area contributed by atoms with Gasteiger partial charge in [0.2, 0.25) is 0 Å². The topological polar surface area (TPSA) is 103 Å². The van der Waals surface area contributed by atoms with E-state index in [4.69, 9.17) is 16.3 Å². The van der Waals surface area contributed by atoms with Crippen LogP contribution in [0.3, 0.4) is 0 Å². The zero-order valence-electron chi connectivity index (χ0n) is 14.8. The first kappa shape index (κ1) is 20.1. The summed E-state index contributed by atoms with van der Waals surface area (Å²) in [4.78, 5) is 35.9. The molecular formula is C18H17ClN2O6. The standard InChI is InChI=1S/C18H17ClN2O6/c1-25-15-5-4-12(19)9-14(15)21-18(24)20-13-7-10(16(22)26-2)6-11(8-13)17(23)27-3/h4-9H,1-3H3,(H2,20,21,24). The Morgan fingerprint density at radius 3 is 1.96 bits per heavy atom. The first-order valence-corrected chi connectivity index (χ1v) is 7.99. The van der Waals surface area contributed by atoms with E-state index in [0.717, 1.165) is 0 Å². The number of hydrogen-bond donors (Lipinski definition) is 2. The zero-order valence-corrected chi connectivity index (χ0v) is 15.5. The number of hydrogen-bond acceptors (Lipinski definition) is 6. The van der Waals surface area contributed by atoms with Crippen LogP contribution in [0.25, 0.3) is 0 Å². The monoisotopic (exact) mass is 392 g/mol. The average molecular weight is 393 g/mol. The van der Waals surface area contributed by atoms with Gasteiger partial charge in [-0.2, -0.15) is 0 Å². The van der Waals surface area contributed by atoms with Crippen LogP contribution in [0, 0.1) is 0 Å². The summed E-state index contributed by atoms with van der Waals surface area (Å²) in [6.07, 6.45) is 0. The number of benzene rings is 2. The van der Waals surface area contributed by atoms with Gasteiger partial charge in [-0.25, -0.2) is 14.4 Å². The van der Waals surface area contributed by atoms with Crippen LogP contribution in [0.4, 0.5) is 16.2 Å². The van der Waals surface area contributed by atoms with Gasteiger partial charge in [-0.3, -0.25) is 0 Å². The fourth-order valence-corrected chi connectivity index (χ4v) is 2.41. The van der Waals surface area contributed by atoms with Crippen molar-refractivity contribution in [2.45, 2.75) is 0 Å². The second-order valence-electron chi connectivity index (χ2n) is 5.21. The molecule has 0 aromatic heterocycles. The molecule has 9 heteroatoms. The van der Waals surface area contributed by atoms with Crippen LogP contribution >= 0.6 is 11.6 Å².